The van der Waals surface area contributed by atoms with E-state index in [4.69, 9.17) is 11.6 Å². The number of para-hydroxylation sites is 1. The SMILES string of the molecule is O=C(c1c[nH]c2ccccc12)N1CC(S(=O)(=O)c2ccc(Cl)cc2)C1. The van der Waals surface area contributed by atoms with Crippen molar-refractivity contribution in [1.82, 2.24) is 9.88 Å². The van der Waals surface area contributed by atoms with Gasteiger partial charge in [0.05, 0.1) is 10.5 Å². The van der Waals surface area contributed by atoms with Crippen molar-refractivity contribution in [3.63, 3.8) is 0 Å². The van der Waals surface area contributed by atoms with Crippen LogP contribution in [0.15, 0.2) is 59.6 Å². The Hall–Kier alpha value is -2.31. The summed E-state index contributed by atoms with van der Waals surface area (Å²) in [5.74, 6) is -0.153. The summed E-state index contributed by atoms with van der Waals surface area (Å²) in [5.41, 5.74) is 1.45. The molecule has 0 radical (unpaired) electrons. The largest absolute Gasteiger partial charge is 0.360 e. The first kappa shape index (κ1) is 16.2. The first-order chi connectivity index (χ1) is 12.0. The summed E-state index contributed by atoms with van der Waals surface area (Å²) in [7, 11) is -3.46. The van der Waals surface area contributed by atoms with E-state index in [0.29, 0.717) is 10.6 Å². The van der Waals surface area contributed by atoms with Crippen LogP contribution in [0.4, 0.5) is 0 Å². The lowest BCUT2D eigenvalue weighted by atomic mass is 10.1. The standard InChI is InChI=1S/C18H15ClN2O3S/c19-12-5-7-13(8-6-12)25(23,24)14-10-21(11-14)18(22)16-9-20-17-4-2-1-3-15(16)17/h1-9,14,20H,10-11H2. The van der Waals surface area contributed by atoms with Crippen LogP contribution in [0.2, 0.25) is 5.02 Å². The summed E-state index contributed by atoms with van der Waals surface area (Å²) in [6, 6.07) is 13.7. The van der Waals surface area contributed by atoms with Gasteiger partial charge in [0.25, 0.3) is 5.91 Å². The number of carbonyl (C=O) groups is 1. The number of rotatable bonds is 3. The zero-order chi connectivity index (χ0) is 17.6. The molecule has 2 heterocycles. The Balaban J connectivity index is 1.51. The molecule has 1 aliphatic rings. The summed E-state index contributed by atoms with van der Waals surface area (Å²) in [5, 5.41) is 0.753. The minimum Gasteiger partial charge on any atom is -0.360 e. The second-order valence-electron chi connectivity index (χ2n) is 6.08. The smallest absolute Gasteiger partial charge is 0.256 e. The molecule has 1 amide bonds. The minimum absolute atomic E-state index is 0.153. The third kappa shape index (κ3) is 2.71. The van der Waals surface area contributed by atoms with Gasteiger partial charge in [0, 0.05) is 35.2 Å². The number of benzene rings is 2. The zero-order valence-electron chi connectivity index (χ0n) is 13.1. The number of aromatic amines is 1. The Morgan fingerprint density at radius 3 is 2.48 bits per heavy atom. The quantitative estimate of drug-likeness (QED) is 0.765. The van der Waals surface area contributed by atoms with Gasteiger partial charge in [-0.25, -0.2) is 8.42 Å². The molecule has 5 nitrogen and oxygen atoms in total. The molecule has 0 aliphatic carbocycles. The maximum atomic E-state index is 12.6. The van der Waals surface area contributed by atoms with Crippen molar-refractivity contribution in [1.29, 1.82) is 0 Å². The third-order valence-electron chi connectivity index (χ3n) is 4.54. The van der Waals surface area contributed by atoms with Crippen molar-refractivity contribution >= 4 is 38.2 Å². The van der Waals surface area contributed by atoms with E-state index in [9.17, 15) is 13.2 Å². The summed E-state index contributed by atoms with van der Waals surface area (Å²) in [4.78, 5) is 17.5. The number of carbonyl (C=O) groups excluding carboxylic acids is 1. The molecule has 0 unspecified atom stereocenters. The molecule has 7 heteroatoms. The number of nitrogens with zero attached hydrogens (tertiary/aromatic N) is 1. The monoisotopic (exact) mass is 374 g/mol. The normalized spacial score (nSPS) is 15.3. The van der Waals surface area contributed by atoms with Crippen LogP contribution in [-0.4, -0.2) is 42.5 Å². The van der Waals surface area contributed by atoms with Crippen LogP contribution in [0.5, 0.6) is 0 Å². The molecule has 0 saturated carbocycles. The van der Waals surface area contributed by atoms with E-state index in [2.05, 4.69) is 4.98 Å². The second kappa shape index (κ2) is 5.89. The lowest BCUT2D eigenvalue weighted by Gasteiger charge is -2.38. The number of aromatic nitrogens is 1. The van der Waals surface area contributed by atoms with Gasteiger partial charge in [-0.1, -0.05) is 29.8 Å². The van der Waals surface area contributed by atoms with Crippen molar-refractivity contribution in [2.45, 2.75) is 10.1 Å². The van der Waals surface area contributed by atoms with Crippen LogP contribution in [0.3, 0.4) is 0 Å². The lowest BCUT2D eigenvalue weighted by molar-refractivity contribution is 0.0661. The van der Waals surface area contributed by atoms with Crippen molar-refractivity contribution in [2.24, 2.45) is 0 Å². The highest BCUT2D eigenvalue weighted by molar-refractivity contribution is 7.92. The van der Waals surface area contributed by atoms with Crippen molar-refractivity contribution in [2.75, 3.05) is 13.1 Å². The zero-order valence-corrected chi connectivity index (χ0v) is 14.7. The molecule has 1 N–H and O–H groups in total. The molecule has 1 aliphatic heterocycles. The molecule has 1 aromatic heterocycles. The number of halogens is 1. The van der Waals surface area contributed by atoms with Crippen LogP contribution in [0, 0.1) is 0 Å². The first-order valence-electron chi connectivity index (χ1n) is 7.81. The van der Waals surface area contributed by atoms with E-state index in [1.165, 1.54) is 12.1 Å². The Morgan fingerprint density at radius 2 is 1.76 bits per heavy atom. The molecule has 1 saturated heterocycles. The number of nitrogens with one attached hydrogen (secondary N) is 1. The molecular formula is C18H15ClN2O3S. The van der Waals surface area contributed by atoms with Crippen LogP contribution in [0.1, 0.15) is 10.4 Å². The van der Waals surface area contributed by atoms with Gasteiger partial charge in [-0.2, -0.15) is 0 Å². The van der Waals surface area contributed by atoms with E-state index in [1.807, 2.05) is 24.3 Å². The van der Waals surface area contributed by atoms with E-state index in [0.717, 1.165) is 10.9 Å². The summed E-state index contributed by atoms with van der Waals surface area (Å²) < 4.78 is 25.2. The predicted molar refractivity (Wildman–Crippen MR) is 96.6 cm³/mol. The Bertz CT molecular complexity index is 1050. The van der Waals surface area contributed by atoms with Gasteiger partial charge in [0.2, 0.25) is 0 Å². The lowest BCUT2D eigenvalue weighted by Crippen LogP contribution is -2.56. The maximum absolute atomic E-state index is 12.6. The van der Waals surface area contributed by atoms with Gasteiger partial charge in [-0.3, -0.25) is 4.79 Å². The Kier molecular flexibility index (Phi) is 3.81. The Morgan fingerprint density at radius 1 is 1.08 bits per heavy atom. The fourth-order valence-corrected chi connectivity index (χ4v) is 4.81. The average Bonchev–Trinajstić information content (AvgIpc) is 2.97. The third-order valence-corrected chi connectivity index (χ3v) is 6.89. The first-order valence-corrected chi connectivity index (χ1v) is 9.74. The summed E-state index contributed by atoms with van der Waals surface area (Å²) in [6.45, 7) is 0.395. The number of H-pyrrole nitrogens is 1. The van der Waals surface area contributed by atoms with Gasteiger partial charge in [-0.05, 0) is 30.3 Å². The number of likely N-dealkylation sites (tertiary alicyclic amines) is 1. The highest BCUT2D eigenvalue weighted by atomic mass is 35.5. The summed E-state index contributed by atoms with van der Waals surface area (Å²) in [6.07, 6.45) is 1.67. The maximum Gasteiger partial charge on any atom is 0.256 e. The highest BCUT2D eigenvalue weighted by Gasteiger charge is 2.41. The van der Waals surface area contributed by atoms with Crippen molar-refractivity contribution < 1.29 is 13.2 Å². The summed E-state index contributed by atoms with van der Waals surface area (Å²) >= 11 is 5.81. The fourth-order valence-electron chi connectivity index (χ4n) is 3.04. The van der Waals surface area contributed by atoms with Crippen molar-refractivity contribution in [3.05, 3.63) is 65.3 Å². The molecule has 25 heavy (non-hydrogen) atoms. The van der Waals surface area contributed by atoms with E-state index < -0.39 is 15.1 Å². The number of amides is 1. The van der Waals surface area contributed by atoms with Gasteiger partial charge in [-0.15, -0.1) is 0 Å². The van der Waals surface area contributed by atoms with Gasteiger partial charge < -0.3 is 9.88 Å². The number of fused-ring (bicyclic) bond motifs is 1. The van der Waals surface area contributed by atoms with Crippen LogP contribution in [0.25, 0.3) is 10.9 Å². The van der Waals surface area contributed by atoms with E-state index >= 15 is 0 Å². The second-order valence-corrected chi connectivity index (χ2v) is 8.74. The average molecular weight is 375 g/mol. The number of hydrogen-bond acceptors (Lipinski definition) is 3. The molecule has 1 fully saturated rings. The number of hydrogen-bond donors (Lipinski definition) is 1. The number of sulfone groups is 1. The van der Waals surface area contributed by atoms with Crippen LogP contribution >= 0.6 is 11.6 Å². The highest BCUT2D eigenvalue weighted by Crippen LogP contribution is 2.27. The molecule has 0 atom stereocenters. The van der Waals surface area contributed by atoms with Gasteiger partial charge in [0.15, 0.2) is 9.84 Å². The molecule has 0 spiro atoms. The molecule has 128 valence electrons. The molecule has 0 bridgehead atoms. The molecular weight excluding hydrogens is 360 g/mol. The molecule has 4 rings (SSSR count). The molecule has 2 aromatic carbocycles. The van der Waals surface area contributed by atoms with Crippen molar-refractivity contribution in [3.8, 4) is 0 Å². The van der Waals surface area contributed by atoms with E-state index in [1.54, 1.807) is 23.2 Å². The Labute approximate surface area is 150 Å². The molecule has 3 aromatic rings. The van der Waals surface area contributed by atoms with Crippen LogP contribution < -0.4 is 0 Å². The van der Waals surface area contributed by atoms with Gasteiger partial charge in [0.1, 0.15) is 5.25 Å². The fraction of sp³-hybridized carbons (Fsp3) is 0.167. The van der Waals surface area contributed by atoms with E-state index in [-0.39, 0.29) is 23.9 Å². The van der Waals surface area contributed by atoms with Crippen LogP contribution in [-0.2, 0) is 9.84 Å². The van der Waals surface area contributed by atoms with Gasteiger partial charge >= 0.3 is 0 Å². The topological polar surface area (TPSA) is 70.2 Å². The minimum atomic E-state index is -3.46. The predicted octanol–water partition coefficient (Wildman–Crippen LogP) is 3.12.